The van der Waals surface area contributed by atoms with Gasteiger partial charge in [-0.25, -0.2) is 9.59 Å². The van der Waals surface area contributed by atoms with Gasteiger partial charge in [-0.2, -0.15) is 0 Å². The van der Waals surface area contributed by atoms with E-state index in [4.69, 9.17) is 37.9 Å². The number of benzene rings is 5. The van der Waals surface area contributed by atoms with Crippen LogP contribution in [-0.4, -0.2) is 64.8 Å². The van der Waals surface area contributed by atoms with Crippen LogP contribution in [0.25, 0.3) is 0 Å². The minimum absolute atomic E-state index is 0.0966. The zero-order chi connectivity index (χ0) is 47.0. The van der Waals surface area contributed by atoms with Crippen molar-refractivity contribution in [1.29, 1.82) is 0 Å². The van der Waals surface area contributed by atoms with Crippen molar-refractivity contribution >= 4 is 11.9 Å². The number of fused-ring (bicyclic) bond motifs is 4. The molecule has 5 aromatic rings. The van der Waals surface area contributed by atoms with E-state index >= 15 is 0 Å². The van der Waals surface area contributed by atoms with E-state index in [0.29, 0.717) is 60.6 Å². The second-order valence-corrected chi connectivity index (χ2v) is 17.6. The summed E-state index contributed by atoms with van der Waals surface area (Å²) in [7, 11) is 0. The lowest BCUT2D eigenvalue weighted by Crippen LogP contribution is -2.37. The van der Waals surface area contributed by atoms with Crippen molar-refractivity contribution in [1.82, 2.24) is 0 Å². The molecule has 0 saturated heterocycles. The van der Waals surface area contributed by atoms with Crippen molar-refractivity contribution in [2.45, 2.75) is 76.4 Å². The summed E-state index contributed by atoms with van der Waals surface area (Å²) in [4.78, 5) is 28.3. The molecule has 3 aliphatic rings. The predicted molar refractivity (Wildman–Crippen MR) is 260 cm³/mol. The molecule has 10 heteroatoms. The zero-order valence-electron chi connectivity index (χ0n) is 39.4. The van der Waals surface area contributed by atoms with Gasteiger partial charge >= 0.3 is 11.9 Å². The van der Waals surface area contributed by atoms with Crippen LogP contribution >= 0.6 is 0 Å². The number of hydrogen-bond acceptors (Lipinski definition) is 10. The Morgan fingerprint density at radius 1 is 0.382 bits per heavy atom. The molecule has 8 rings (SSSR count). The largest absolute Gasteiger partial charge is 0.491 e. The van der Waals surface area contributed by atoms with Gasteiger partial charge in [0.15, 0.2) is 11.2 Å². The molecule has 2 atom stereocenters. The monoisotopic (exact) mass is 920 g/mol. The van der Waals surface area contributed by atoms with Crippen LogP contribution in [0.2, 0.25) is 0 Å². The van der Waals surface area contributed by atoms with Crippen LogP contribution in [0.4, 0.5) is 0 Å². The first kappa shape index (κ1) is 48.1. The van der Waals surface area contributed by atoms with Crippen LogP contribution in [0.1, 0.15) is 87.5 Å². The lowest BCUT2D eigenvalue weighted by Gasteiger charge is -2.37. The minimum Gasteiger partial charge on any atom is -0.491 e. The smallest absolute Gasteiger partial charge is 0.337 e. The fourth-order valence-electron chi connectivity index (χ4n) is 10.3. The lowest BCUT2D eigenvalue weighted by atomic mass is 9.71. The highest BCUT2D eigenvalue weighted by Gasteiger charge is 2.54. The fourth-order valence-corrected chi connectivity index (χ4v) is 10.3. The molecule has 0 spiro atoms. The Kier molecular flexibility index (Phi) is 16.7. The number of carbonyl (C=O) groups excluding carboxylic acids is 2. The highest BCUT2D eigenvalue weighted by molar-refractivity contribution is 5.91. The van der Waals surface area contributed by atoms with Crippen molar-refractivity contribution in [2.24, 2.45) is 11.8 Å². The number of hydrogen-bond donors (Lipinski definition) is 0. The van der Waals surface area contributed by atoms with Gasteiger partial charge < -0.3 is 37.9 Å². The maximum Gasteiger partial charge on any atom is 0.337 e. The molecule has 10 nitrogen and oxygen atoms in total. The van der Waals surface area contributed by atoms with Gasteiger partial charge in [-0.05, 0) is 38.8 Å². The topological polar surface area (TPSA) is 108 Å². The summed E-state index contributed by atoms with van der Waals surface area (Å²) >= 11 is 0. The fraction of sp³-hybridized carbons (Fsp3) is 0.379. The molecule has 68 heavy (non-hydrogen) atoms. The quantitative estimate of drug-likeness (QED) is 0.162. The number of carbonyl (C=O) groups is 2. The molecule has 0 fully saturated rings. The minimum atomic E-state index is -0.903. The molecule has 0 amide bonds. The highest BCUT2D eigenvalue weighted by atomic mass is 16.6. The molecule has 356 valence electrons. The van der Waals surface area contributed by atoms with Crippen LogP contribution in [0.3, 0.4) is 0 Å². The van der Waals surface area contributed by atoms with Crippen LogP contribution < -0.4 is 9.47 Å². The second-order valence-electron chi connectivity index (χ2n) is 17.6. The van der Waals surface area contributed by atoms with Crippen LogP contribution in [0.5, 0.6) is 11.5 Å². The van der Waals surface area contributed by atoms with E-state index in [1.165, 1.54) is 0 Å². The number of allylic oxidation sites excluding steroid dienone is 2. The van der Waals surface area contributed by atoms with Gasteiger partial charge in [-0.15, -0.1) is 0 Å². The van der Waals surface area contributed by atoms with Crippen LogP contribution in [0.15, 0.2) is 168 Å². The molecule has 0 N–H and O–H groups in total. The molecule has 0 aromatic heterocycles. The molecule has 3 aliphatic heterocycles. The molecule has 2 bridgehead atoms. The van der Waals surface area contributed by atoms with Gasteiger partial charge in [0.2, 0.25) is 0 Å². The maximum absolute atomic E-state index is 14.2. The van der Waals surface area contributed by atoms with Crippen molar-refractivity contribution in [3.05, 3.63) is 191 Å². The van der Waals surface area contributed by atoms with Gasteiger partial charge in [-0.1, -0.05) is 166 Å². The van der Waals surface area contributed by atoms with E-state index < -0.39 is 11.2 Å². The third-order valence-corrected chi connectivity index (χ3v) is 13.3. The van der Waals surface area contributed by atoms with E-state index in [1.54, 1.807) is 0 Å². The van der Waals surface area contributed by atoms with Crippen molar-refractivity contribution in [3.8, 4) is 11.5 Å². The Balaban J connectivity index is 1.02. The number of esters is 2. The summed E-state index contributed by atoms with van der Waals surface area (Å²) in [6, 6.07) is 48.3. The van der Waals surface area contributed by atoms with Crippen molar-refractivity contribution in [2.75, 3.05) is 52.9 Å². The van der Waals surface area contributed by atoms with E-state index in [9.17, 15) is 9.59 Å². The Labute approximate surface area is 401 Å². The first-order valence-electron chi connectivity index (χ1n) is 24.3. The summed E-state index contributed by atoms with van der Waals surface area (Å²) in [5.74, 6) is 1.08. The Hall–Kier alpha value is -6.36. The van der Waals surface area contributed by atoms with Gasteiger partial charge in [0.25, 0.3) is 0 Å². The Morgan fingerprint density at radius 2 is 0.706 bits per heavy atom. The summed E-state index contributed by atoms with van der Waals surface area (Å²) < 4.78 is 49.3. The molecular formula is C58H64O10. The van der Waals surface area contributed by atoms with E-state index in [1.807, 2.05) is 111 Å². The van der Waals surface area contributed by atoms with E-state index in [2.05, 4.69) is 48.5 Å². The van der Waals surface area contributed by atoms with E-state index in [0.717, 1.165) is 73.6 Å². The summed E-state index contributed by atoms with van der Waals surface area (Å²) in [5.41, 5.74) is 3.30. The Bertz CT molecular complexity index is 2200. The average Bonchev–Trinajstić information content (AvgIpc) is 3.85. The van der Waals surface area contributed by atoms with Gasteiger partial charge in [-0.3, -0.25) is 0 Å². The third-order valence-electron chi connectivity index (χ3n) is 13.3. The van der Waals surface area contributed by atoms with Crippen LogP contribution in [-0.2, 0) is 49.2 Å². The molecule has 0 radical (unpaired) electrons. The van der Waals surface area contributed by atoms with E-state index in [-0.39, 0.29) is 50.2 Å². The summed E-state index contributed by atoms with van der Waals surface area (Å²) in [6.07, 6.45) is 7.22. The standard InChI is InChI=1S/C58H64O10/c1-43-53-51(57(67-43,45-22-11-7-12-23-45)46-24-13-8-14-25-46)32-19-5-3-4-6-20-33-52-54(44(2)68-58(52,47-26-15-9-16-27-47)48-28-17-10-18-29-48)56(60)66-41-37-62-35-39-64-50-31-21-30-49(42-50)63-38-34-61-36-40-65-55(53)59/h7-18,21-31,42,51-52H,3-6,19-20,32-41H2,1-2H3. The maximum atomic E-state index is 14.2. The van der Waals surface area contributed by atoms with Crippen LogP contribution in [0, 0.1) is 11.8 Å². The zero-order valence-corrected chi connectivity index (χ0v) is 39.4. The molecule has 5 aromatic carbocycles. The molecule has 3 heterocycles. The Morgan fingerprint density at radius 3 is 1.06 bits per heavy atom. The first-order valence-corrected chi connectivity index (χ1v) is 24.3. The third kappa shape index (κ3) is 11.0. The van der Waals surface area contributed by atoms with Gasteiger partial charge in [0, 0.05) is 40.2 Å². The van der Waals surface area contributed by atoms with Crippen molar-refractivity contribution in [3.63, 3.8) is 0 Å². The first-order chi connectivity index (χ1) is 33.4. The molecular weight excluding hydrogens is 857 g/mol. The number of cyclic esters (lactones) is 2. The normalized spacial score (nSPS) is 21.5. The summed E-state index contributed by atoms with van der Waals surface area (Å²) in [5, 5.41) is 0. The number of ether oxygens (including phenoxy) is 8. The highest BCUT2D eigenvalue weighted by Crippen LogP contribution is 2.54. The number of rotatable bonds is 4. The molecule has 0 saturated carbocycles. The summed E-state index contributed by atoms with van der Waals surface area (Å²) in [6.45, 7) is 5.64. The molecule has 0 aliphatic carbocycles. The van der Waals surface area contributed by atoms with Gasteiger partial charge in [0.05, 0.1) is 37.6 Å². The van der Waals surface area contributed by atoms with Crippen molar-refractivity contribution < 1.29 is 47.5 Å². The average molecular weight is 921 g/mol. The predicted octanol–water partition coefficient (Wildman–Crippen LogP) is 11.4. The molecule has 2 unspecified atom stereocenters. The van der Waals surface area contributed by atoms with Gasteiger partial charge in [0.1, 0.15) is 49.4 Å². The SMILES string of the molecule is CC1=C2C(=O)OCCOCCOc3cccc(c3)OCCOCCOC(=O)C3=C(C)OC(c4ccccc4)(c4ccccc4)C3CCCCCCCCC2C(c2ccccc2)(c2ccccc2)O1. The second kappa shape index (κ2) is 23.6. The lowest BCUT2D eigenvalue weighted by molar-refractivity contribution is -0.142.